The Hall–Kier alpha value is -0.670. The Morgan fingerprint density at radius 1 is 1.36 bits per heavy atom. The van der Waals surface area contributed by atoms with Gasteiger partial charge < -0.3 is 0 Å². The van der Waals surface area contributed by atoms with E-state index in [1.54, 1.807) is 11.5 Å². The average molecular weight is 223 g/mol. The molecule has 0 radical (unpaired) electrons. The molecule has 0 aliphatic rings. The van der Waals surface area contributed by atoms with E-state index in [-0.39, 0.29) is 0 Å². The molecule has 0 spiro atoms. The molecule has 1 nitrogen and oxygen atoms in total. The molecule has 0 N–H and O–H groups in total. The van der Waals surface area contributed by atoms with Crippen molar-refractivity contribution in [2.75, 3.05) is 0 Å². The van der Waals surface area contributed by atoms with Gasteiger partial charge in [-0.1, -0.05) is 55.3 Å². The first-order chi connectivity index (χ1) is 6.83. The second-order valence-corrected chi connectivity index (χ2v) is 4.80. The highest BCUT2D eigenvalue weighted by Gasteiger charge is 2.02. The van der Waals surface area contributed by atoms with Crippen molar-refractivity contribution in [3.8, 4) is 0 Å². The van der Waals surface area contributed by atoms with E-state index in [9.17, 15) is 0 Å². The third-order valence-electron chi connectivity index (χ3n) is 2.27. The topological polar surface area (TPSA) is 4.93 Å². The van der Waals surface area contributed by atoms with Gasteiger partial charge in [0.15, 0.2) is 0 Å². The normalized spacial score (nSPS) is 10.9. The molecule has 0 atom stereocenters. The number of aromatic nitrogens is 1. The van der Waals surface area contributed by atoms with Gasteiger partial charge in [-0.05, 0) is 12.5 Å². The number of hydrogen-bond donors (Lipinski definition) is 0. The number of benzene rings is 1. The summed E-state index contributed by atoms with van der Waals surface area (Å²) in [5, 5.41) is 1.23. The third kappa shape index (κ3) is 1.74. The van der Waals surface area contributed by atoms with Crippen LogP contribution in [0.15, 0.2) is 24.3 Å². The molecule has 2 rings (SSSR count). The number of aryl methyl sites for hydroxylation is 1. The maximum atomic E-state index is 5.41. The average Bonchev–Trinajstić information content (AvgIpc) is 2.54. The molecule has 1 heterocycles. The van der Waals surface area contributed by atoms with Crippen LogP contribution in [0.1, 0.15) is 19.8 Å². The largest absolute Gasteiger partial charge is 0.287 e. The van der Waals surface area contributed by atoms with Crippen molar-refractivity contribution >= 4 is 33.8 Å². The predicted octanol–water partition coefficient (Wildman–Crippen LogP) is 4.23. The highest BCUT2D eigenvalue weighted by molar-refractivity contribution is 7.71. The van der Waals surface area contributed by atoms with Crippen molar-refractivity contribution in [2.45, 2.75) is 26.3 Å². The zero-order valence-electron chi connectivity index (χ0n) is 8.19. The standard InChI is InChI=1S/C11H13NS2/c1-2-3-8-12-11(13)9-6-4-5-7-10(9)14-12/h4-7H,2-3,8H2,1H3. The van der Waals surface area contributed by atoms with Crippen LogP contribution in [-0.4, -0.2) is 3.96 Å². The molecule has 0 aliphatic heterocycles. The van der Waals surface area contributed by atoms with Gasteiger partial charge in [0.05, 0.1) is 4.70 Å². The smallest absolute Gasteiger partial charge is 0.123 e. The van der Waals surface area contributed by atoms with Crippen molar-refractivity contribution in [3.63, 3.8) is 0 Å². The first kappa shape index (κ1) is 9.87. The molecule has 3 heteroatoms. The summed E-state index contributed by atoms with van der Waals surface area (Å²) in [6.07, 6.45) is 2.43. The minimum absolute atomic E-state index is 0.999. The van der Waals surface area contributed by atoms with Crippen molar-refractivity contribution in [1.29, 1.82) is 0 Å². The molecule has 0 amide bonds. The van der Waals surface area contributed by atoms with E-state index >= 15 is 0 Å². The summed E-state index contributed by atoms with van der Waals surface area (Å²) in [5.41, 5.74) is 0. The SMILES string of the molecule is CCCCn1sc2ccccc2c1=S. The van der Waals surface area contributed by atoms with Crippen LogP contribution in [0.25, 0.3) is 10.1 Å². The van der Waals surface area contributed by atoms with Crippen LogP contribution in [-0.2, 0) is 6.54 Å². The Bertz CT molecular complexity index is 481. The fourth-order valence-corrected chi connectivity index (χ4v) is 2.95. The molecule has 0 saturated heterocycles. The molecule has 1 aromatic carbocycles. The van der Waals surface area contributed by atoms with Crippen LogP contribution in [0.3, 0.4) is 0 Å². The zero-order chi connectivity index (χ0) is 9.97. The van der Waals surface area contributed by atoms with Gasteiger partial charge in [-0.25, -0.2) is 0 Å². The van der Waals surface area contributed by atoms with Gasteiger partial charge >= 0.3 is 0 Å². The highest BCUT2D eigenvalue weighted by atomic mass is 32.1. The Morgan fingerprint density at radius 3 is 2.86 bits per heavy atom. The van der Waals surface area contributed by atoms with E-state index in [1.807, 2.05) is 0 Å². The summed E-state index contributed by atoms with van der Waals surface area (Å²) in [6, 6.07) is 8.36. The summed E-state index contributed by atoms with van der Waals surface area (Å²) in [4.78, 5) is 0. The first-order valence-electron chi connectivity index (χ1n) is 4.92. The predicted molar refractivity (Wildman–Crippen MR) is 65.6 cm³/mol. The Kier molecular flexibility index (Phi) is 2.99. The number of unbranched alkanes of at least 4 members (excludes halogenated alkanes) is 1. The Morgan fingerprint density at radius 2 is 2.14 bits per heavy atom. The van der Waals surface area contributed by atoms with Crippen LogP contribution >= 0.6 is 23.8 Å². The van der Waals surface area contributed by atoms with Gasteiger partial charge in [0.25, 0.3) is 0 Å². The summed E-state index contributed by atoms with van der Waals surface area (Å²) < 4.78 is 4.52. The van der Waals surface area contributed by atoms with Crippen molar-refractivity contribution in [1.82, 2.24) is 3.96 Å². The van der Waals surface area contributed by atoms with Crippen LogP contribution < -0.4 is 0 Å². The molecule has 0 unspecified atom stereocenters. The van der Waals surface area contributed by atoms with E-state index in [2.05, 4.69) is 35.1 Å². The minimum atomic E-state index is 0.999. The minimum Gasteiger partial charge on any atom is -0.287 e. The number of rotatable bonds is 3. The number of fused-ring (bicyclic) bond motifs is 1. The monoisotopic (exact) mass is 223 g/mol. The van der Waals surface area contributed by atoms with E-state index in [0.717, 1.165) is 11.2 Å². The second kappa shape index (κ2) is 4.24. The lowest BCUT2D eigenvalue weighted by atomic mass is 10.3. The summed E-state index contributed by atoms with van der Waals surface area (Å²) in [7, 11) is 0. The highest BCUT2D eigenvalue weighted by Crippen LogP contribution is 2.23. The fourth-order valence-electron chi connectivity index (χ4n) is 1.47. The van der Waals surface area contributed by atoms with Gasteiger partial charge in [0, 0.05) is 11.9 Å². The van der Waals surface area contributed by atoms with Gasteiger partial charge in [-0.3, -0.25) is 3.96 Å². The summed E-state index contributed by atoms with van der Waals surface area (Å²) in [5.74, 6) is 0. The van der Waals surface area contributed by atoms with Crippen LogP contribution in [0.5, 0.6) is 0 Å². The molecular formula is C11H13NS2. The first-order valence-corrected chi connectivity index (χ1v) is 6.10. The molecule has 0 saturated carbocycles. The Balaban J connectivity index is 2.47. The fraction of sp³-hybridized carbons (Fsp3) is 0.364. The van der Waals surface area contributed by atoms with E-state index in [4.69, 9.17) is 12.2 Å². The molecule has 0 fully saturated rings. The van der Waals surface area contributed by atoms with Gasteiger partial charge in [0.1, 0.15) is 4.64 Å². The van der Waals surface area contributed by atoms with Crippen LogP contribution in [0.4, 0.5) is 0 Å². The summed E-state index contributed by atoms with van der Waals surface area (Å²) >= 11 is 7.19. The maximum absolute atomic E-state index is 5.41. The van der Waals surface area contributed by atoms with Crippen molar-refractivity contribution in [2.24, 2.45) is 0 Å². The number of nitrogens with zero attached hydrogens (tertiary/aromatic N) is 1. The van der Waals surface area contributed by atoms with Crippen LogP contribution in [0.2, 0.25) is 0 Å². The second-order valence-electron chi connectivity index (χ2n) is 3.35. The molecule has 2 aromatic rings. The van der Waals surface area contributed by atoms with Crippen LogP contribution in [0, 0.1) is 4.64 Å². The van der Waals surface area contributed by atoms with Crippen molar-refractivity contribution in [3.05, 3.63) is 28.9 Å². The molecule has 1 aromatic heterocycles. The quantitative estimate of drug-likeness (QED) is 0.705. The molecule has 74 valence electrons. The Labute approximate surface area is 93.1 Å². The third-order valence-corrected chi connectivity index (χ3v) is 3.96. The molecule has 14 heavy (non-hydrogen) atoms. The zero-order valence-corrected chi connectivity index (χ0v) is 9.83. The number of hydrogen-bond acceptors (Lipinski definition) is 2. The van der Waals surface area contributed by atoms with Gasteiger partial charge in [0.2, 0.25) is 0 Å². The lowest BCUT2D eigenvalue weighted by molar-refractivity contribution is 0.667. The lowest BCUT2D eigenvalue weighted by Crippen LogP contribution is -1.91. The maximum Gasteiger partial charge on any atom is 0.123 e. The van der Waals surface area contributed by atoms with Crippen molar-refractivity contribution < 1.29 is 0 Å². The van der Waals surface area contributed by atoms with Gasteiger partial charge in [-0.15, -0.1) is 0 Å². The molecular weight excluding hydrogens is 210 g/mol. The molecule has 0 bridgehead atoms. The summed E-state index contributed by atoms with van der Waals surface area (Å²) in [6.45, 7) is 3.27. The van der Waals surface area contributed by atoms with E-state index in [0.29, 0.717) is 0 Å². The van der Waals surface area contributed by atoms with E-state index in [1.165, 1.54) is 22.9 Å². The van der Waals surface area contributed by atoms with E-state index < -0.39 is 0 Å². The van der Waals surface area contributed by atoms with Gasteiger partial charge in [-0.2, -0.15) is 0 Å². The lowest BCUT2D eigenvalue weighted by Gasteiger charge is -1.97. The molecule has 0 aliphatic carbocycles.